The van der Waals surface area contributed by atoms with Gasteiger partial charge < -0.3 is 20.1 Å². The molecular weight excluding hydrogens is 490 g/mol. The molecule has 1 aromatic heterocycles. The number of benzene rings is 1. The van der Waals surface area contributed by atoms with Gasteiger partial charge in [-0.25, -0.2) is 12.7 Å². The summed E-state index contributed by atoms with van der Waals surface area (Å²) < 4.78 is 35.5. The number of carbonyl (C=O) groups is 2. The monoisotopic (exact) mass is 515 g/mol. The van der Waals surface area contributed by atoms with E-state index in [9.17, 15) is 18.0 Å². The maximum absolute atomic E-state index is 12.5. The van der Waals surface area contributed by atoms with Crippen molar-refractivity contribution < 1.29 is 27.5 Å². The number of nitrogens with one attached hydrogen (secondary N) is 2. The lowest BCUT2D eigenvalue weighted by molar-refractivity contribution is -0.121. The van der Waals surface area contributed by atoms with E-state index in [4.69, 9.17) is 9.47 Å². The van der Waals surface area contributed by atoms with E-state index in [1.54, 1.807) is 25.3 Å². The van der Waals surface area contributed by atoms with E-state index in [1.807, 2.05) is 0 Å². The molecule has 2 N–H and O–H groups in total. The number of carbonyl (C=O) groups excluding carboxylic acids is 2. The van der Waals surface area contributed by atoms with Crippen LogP contribution in [0.25, 0.3) is 0 Å². The summed E-state index contributed by atoms with van der Waals surface area (Å²) in [5.74, 6) is 0.455. The van der Waals surface area contributed by atoms with Gasteiger partial charge >= 0.3 is 0 Å². The maximum atomic E-state index is 12.5. The van der Waals surface area contributed by atoms with Gasteiger partial charge in [-0.2, -0.15) is 0 Å². The molecule has 1 aliphatic rings. The summed E-state index contributed by atoms with van der Waals surface area (Å²) in [5, 5.41) is 13.8. The molecule has 1 aliphatic heterocycles. The highest BCUT2D eigenvalue weighted by Crippen LogP contribution is 2.30. The second kappa shape index (κ2) is 11.1. The highest BCUT2D eigenvalue weighted by molar-refractivity contribution is 8.01. The van der Waals surface area contributed by atoms with E-state index in [2.05, 4.69) is 20.8 Å². The number of rotatable bonds is 9. The molecule has 0 saturated carbocycles. The molecule has 3 rings (SSSR count). The van der Waals surface area contributed by atoms with Gasteiger partial charge in [0.05, 0.1) is 31.9 Å². The van der Waals surface area contributed by atoms with Gasteiger partial charge in [0.25, 0.3) is 0 Å². The fraction of sp³-hybridized carbons (Fsp3) is 0.474. The average molecular weight is 516 g/mol. The Bertz CT molecular complexity index is 1100. The van der Waals surface area contributed by atoms with Crippen LogP contribution in [0.15, 0.2) is 22.5 Å². The van der Waals surface area contributed by atoms with Crippen LogP contribution >= 0.6 is 23.1 Å². The zero-order valence-corrected chi connectivity index (χ0v) is 20.8. The highest BCUT2D eigenvalue weighted by atomic mass is 32.2. The molecule has 11 nitrogen and oxygen atoms in total. The fourth-order valence-corrected chi connectivity index (χ4v) is 5.62. The Morgan fingerprint density at radius 3 is 2.55 bits per heavy atom. The molecule has 33 heavy (non-hydrogen) atoms. The van der Waals surface area contributed by atoms with Crippen LogP contribution in [-0.2, 0) is 19.6 Å². The number of piperidine rings is 1. The molecule has 0 bridgehead atoms. The molecule has 0 atom stereocenters. The van der Waals surface area contributed by atoms with Crippen molar-refractivity contribution in [2.45, 2.75) is 17.2 Å². The normalized spacial score (nSPS) is 15.1. The van der Waals surface area contributed by atoms with Crippen molar-refractivity contribution in [2.24, 2.45) is 5.92 Å². The minimum atomic E-state index is -3.24. The van der Waals surface area contributed by atoms with Crippen LogP contribution < -0.4 is 20.1 Å². The molecule has 2 amide bonds. The predicted molar refractivity (Wildman–Crippen MR) is 127 cm³/mol. The molecule has 2 aromatic rings. The van der Waals surface area contributed by atoms with Crippen LogP contribution in [0.1, 0.15) is 12.8 Å². The van der Waals surface area contributed by atoms with Gasteiger partial charge in [-0.1, -0.05) is 23.1 Å². The Labute approximate surface area is 200 Å². The summed E-state index contributed by atoms with van der Waals surface area (Å²) in [7, 11) is -0.187. The van der Waals surface area contributed by atoms with Gasteiger partial charge in [0.1, 0.15) is 11.5 Å². The van der Waals surface area contributed by atoms with Gasteiger partial charge in [-0.05, 0) is 25.0 Å². The molecule has 0 spiro atoms. The Morgan fingerprint density at radius 2 is 1.91 bits per heavy atom. The quantitative estimate of drug-likeness (QED) is 0.378. The molecule has 2 heterocycles. The fourth-order valence-electron chi connectivity index (χ4n) is 3.19. The van der Waals surface area contributed by atoms with E-state index in [-0.39, 0.29) is 23.5 Å². The minimum Gasteiger partial charge on any atom is -0.497 e. The Morgan fingerprint density at radius 1 is 1.18 bits per heavy atom. The zero-order valence-electron chi connectivity index (χ0n) is 18.4. The van der Waals surface area contributed by atoms with Crippen LogP contribution in [0.3, 0.4) is 0 Å². The van der Waals surface area contributed by atoms with Crippen molar-refractivity contribution in [3.05, 3.63) is 18.2 Å². The van der Waals surface area contributed by atoms with Crippen molar-refractivity contribution in [1.82, 2.24) is 14.5 Å². The van der Waals surface area contributed by atoms with E-state index in [1.165, 1.54) is 40.8 Å². The van der Waals surface area contributed by atoms with Gasteiger partial charge in [-0.15, -0.1) is 10.2 Å². The summed E-state index contributed by atoms with van der Waals surface area (Å²) in [6.07, 6.45) is 2.07. The minimum absolute atomic E-state index is 0.0989. The summed E-state index contributed by atoms with van der Waals surface area (Å²) in [6.45, 7) is 0.643. The second-order valence-electron chi connectivity index (χ2n) is 7.20. The Kier molecular flexibility index (Phi) is 8.51. The standard InChI is InChI=1S/C19H25N5O6S3/c1-29-13-4-5-14(15(10-13)30-2)20-16(25)11-31-19-23-22-18(32-19)21-17(26)12-6-8-24(9-7-12)33(3,27)28/h4-5,10,12H,6-9,11H2,1-3H3,(H,20,25)(H,21,22,26). The number of methoxy groups -OCH3 is 2. The summed E-state index contributed by atoms with van der Waals surface area (Å²) in [4.78, 5) is 24.8. The zero-order chi connectivity index (χ0) is 24.0. The second-order valence-corrected chi connectivity index (χ2v) is 11.4. The highest BCUT2D eigenvalue weighted by Gasteiger charge is 2.29. The molecule has 0 aliphatic carbocycles. The Hall–Kier alpha value is -2.42. The number of nitrogens with zero attached hydrogens (tertiary/aromatic N) is 3. The van der Waals surface area contributed by atoms with Crippen LogP contribution in [0.4, 0.5) is 10.8 Å². The molecule has 1 aromatic carbocycles. The largest absolute Gasteiger partial charge is 0.497 e. The third kappa shape index (κ3) is 7.03. The number of anilines is 2. The molecule has 1 saturated heterocycles. The first kappa shape index (κ1) is 25.2. The lowest BCUT2D eigenvalue weighted by atomic mass is 9.97. The van der Waals surface area contributed by atoms with Gasteiger partial charge in [0, 0.05) is 25.1 Å². The van der Waals surface area contributed by atoms with Crippen molar-refractivity contribution in [2.75, 3.05) is 50.0 Å². The third-order valence-corrected chi connectivity index (χ3v) is 8.22. The van der Waals surface area contributed by atoms with Crippen LogP contribution in [0, 0.1) is 5.92 Å². The first-order valence-corrected chi connectivity index (χ1v) is 13.6. The molecule has 1 fully saturated rings. The molecule has 14 heteroatoms. The number of thioether (sulfide) groups is 1. The molecule has 0 radical (unpaired) electrons. The van der Waals surface area contributed by atoms with Crippen LogP contribution in [-0.4, -0.2) is 74.1 Å². The summed E-state index contributed by atoms with van der Waals surface area (Å²) in [6, 6.07) is 5.09. The molecule has 180 valence electrons. The number of hydrogen-bond donors (Lipinski definition) is 2. The van der Waals surface area contributed by atoms with Crippen molar-refractivity contribution >= 4 is 55.8 Å². The first-order chi connectivity index (χ1) is 15.7. The van der Waals surface area contributed by atoms with E-state index >= 15 is 0 Å². The van der Waals surface area contributed by atoms with Crippen molar-refractivity contribution in [3.63, 3.8) is 0 Å². The van der Waals surface area contributed by atoms with Crippen LogP contribution in [0.5, 0.6) is 11.5 Å². The SMILES string of the molecule is COc1ccc(NC(=O)CSc2nnc(NC(=O)C3CCN(S(C)(=O)=O)CC3)s2)c(OC)c1. The maximum Gasteiger partial charge on any atom is 0.234 e. The van der Waals surface area contributed by atoms with Gasteiger partial charge in [-0.3, -0.25) is 9.59 Å². The smallest absolute Gasteiger partial charge is 0.234 e. The first-order valence-electron chi connectivity index (χ1n) is 9.93. The number of hydrogen-bond acceptors (Lipinski definition) is 10. The predicted octanol–water partition coefficient (Wildman–Crippen LogP) is 1.90. The van der Waals surface area contributed by atoms with Gasteiger partial charge in [0.15, 0.2) is 4.34 Å². The average Bonchev–Trinajstić information content (AvgIpc) is 3.24. The number of aromatic nitrogens is 2. The van der Waals surface area contributed by atoms with E-state index < -0.39 is 10.0 Å². The third-order valence-electron chi connectivity index (χ3n) is 4.94. The van der Waals surface area contributed by atoms with E-state index in [0.717, 1.165) is 0 Å². The Balaban J connectivity index is 1.47. The molecular formula is C19H25N5O6S3. The number of amides is 2. The van der Waals surface area contributed by atoms with Gasteiger partial charge in [0.2, 0.25) is 27.0 Å². The lowest BCUT2D eigenvalue weighted by Crippen LogP contribution is -2.40. The molecule has 0 unspecified atom stereocenters. The van der Waals surface area contributed by atoms with Crippen LogP contribution in [0.2, 0.25) is 0 Å². The van der Waals surface area contributed by atoms with E-state index in [0.29, 0.717) is 52.6 Å². The topological polar surface area (TPSA) is 140 Å². The number of ether oxygens (including phenoxy) is 2. The summed E-state index contributed by atoms with van der Waals surface area (Å²) >= 11 is 2.37. The van der Waals surface area contributed by atoms with Crippen molar-refractivity contribution in [3.8, 4) is 11.5 Å². The summed E-state index contributed by atoms with van der Waals surface area (Å²) in [5.41, 5.74) is 0.524. The lowest BCUT2D eigenvalue weighted by Gasteiger charge is -2.29. The number of sulfonamides is 1. The van der Waals surface area contributed by atoms with Crippen molar-refractivity contribution in [1.29, 1.82) is 0 Å².